The van der Waals surface area contributed by atoms with Crippen LogP contribution in [0.15, 0.2) is 54.6 Å². The molecule has 2 aromatic rings. The topological polar surface area (TPSA) is 45.7 Å². The summed E-state index contributed by atoms with van der Waals surface area (Å²) in [6, 6.07) is 18.1. The van der Waals surface area contributed by atoms with E-state index in [0.29, 0.717) is 13.1 Å². The van der Waals surface area contributed by atoms with Crippen LogP contribution in [0.2, 0.25) is 5.02 Å². The summed E-state index contributed by atoms with van der Waals surface area (Å²) in [6.45, 7) is 3.16. The van der Waals surface area contributed by atoms with Crippen LogP contribution in [0.25, 0.3) is 0 Å². The van der Waals surface area contributed by atoms with Crippen LogP contribution in [0, 0.1) is 0 Å². The first-order valence-corrected chi connectivity index (χ1v) is 7.92. The number of nitrogens with one attached hydrogen (secondary N) is 1. The van der Waals surface area contributed by atoms with Crippen LogP contribution in [-0.2, 0) is 11.2 Å². The third-order valence-corrected chi connectivity index (χ3v) is 3.85. The molecule has 0 unspecified atom stereocenters. The van der Waals surface area contributed by atoms with Gasteiger partial charge in [-0.25, -0.2) is 0 Å². The van der Waals surface area contributed by atoms with Crippen LogP contribution < -0.4 is 10.6 Å². The van der Waals surface area contributed by atoms with Gasteiger partial charge in [-0.2, -0.15) is 0 Å². The lowest BCUT2D eigenvalue weighted by Crippen LogP contribution is -2.87. The second-order valence-electron chi connectivity index (χ2n) is 5.37. The summed E-state index contributed by atoms with van der Waals surface area (Å²) in [5, 5.41) is 5.70. The second kappa shape index (κ2) is 8.57. The summed E-state index contributed by atoms with van der Waals surface area (Å²) in [7, 11) is 0. The Morgan fingerprint density at radius 2 is 1.95 bits per heavy atom. The van der Waals surface area contributed by atoms with Crippen LogP contribution in [0.5, 0.6) is 0 Å². The highest BCUT2D eigenvalue weighted by atomic mass is 35.5. The van der Waals surface area contributed by atoms with Crippen LogP contribution in [0.4, 0.5) is 0 Å². The molecule has 4 heteroatoms. The number of halogens is 1. The van der Waals surface area contributed by atoms with Gasteiger partial charge in [-0.05, 0) is 31.0 Å². The van der Waals surface area contributed by atoms with Crippen LogP contribution in [0.1, 0.15) is 24.1 Å². The van der Waals surface area contributed by atoms with E-state index in [1.165, 1.54) is 5.56 Å². The van der Waals surface area contributed by atoms with E-state index in [1.54, 1.807) is 0 Å². The number of rotatable bonds is 7. The minimum absolute atomic E-state index is 0.0600. The van der Waals surface area contributed by atoms with Crippen molar-refractivity contribution in [1.29, 1.82) is 0 Å². The van der Waals surface area contributed by atoms with Gasteiger partial charge in [0.25, 0.3) is 5.91 Å². The predicted octanol–water partition coefficient (Wildman–Crippen LogP) is 2.32. The molecule has 0 aliphatic carbocycles. The average molecular weight is 318 g/mol. The monoisotopic (exact) mass is 317 g/mol. The Morgan fingerprint density at radius 3 is 2.68 bits per heavy atom. The van der Waals surface area contributed by atoms with E-state index in [4.69, 9.17) is 11.6 Å². The van der Waals surface area contributed by atoms with Crippen molar-refractivity contribution in [3.05, 3.63) is 70.7 Å². The third kappa shape index (κ3) is 5.51. The molecule has 0 saturated heterocycles. The van der Waals surface area contributed by atoms with Crippen molar-refractivity contribution in [3.63, 3.8) is 0 Å². The van der Waals surface area contributed by atoms with Gasteiger partial charge in [0.1, 0.15) is 6.04 Å². The van der Waals surface area contributed by atoms with Gasteiger partial charge < -0.3 is 10.6 Å². The molecule has 0 fully saturated rings. The Balaban J connectivity index is 1.69. The van der Waals surface area contributed by atoms with Gasteiger partial charge in [0, 0.05) is 17.1 Å². The highest BCUT2D eigenvalue weighted by Gasteiger charge is 2.11. The zero-order valence-electron chi connectivity index (χ0n) is 12.8. The number of carbonyl (C=O) groups excluding carboxylic acids is 1. The number of nitrogens with two attached hydrogens (primary N) is 1. The van der Waals surface area contributed by atoms with Crippen molar-refractivity contribution in [2.75, 3.05) is 13.1 Å². The summed E-state index contributed by atoms with van der Waals surface area (Å²) in [6.07, 6.45) is 0.858. The number of benzene rings is 2. The molecule has 0 aliphatic rings. The Morgan fingerprint density at radius 1 is 1.18 bits per heavy atom. The molecular formula is C18H22ClN2O+. The smallest absolute Gasteiger partial charge is 0.275 e. The zero-order valence-corrected chi connectivity index (χ0v) is 13.5. The fourth-order valence-corrected chi connectivity index (χ4v) is 2.47. The fourth-order valence-electron chi connectivity index (χ4n) is 2.27. The van der Waals surface area contributed by atoms with Crippen molar-refractivity contribution in [2.45, 2.75) is 19.4 Å². The number of carbonyl (C=O) groups is 1. The molecule has 3 N–H and O–H groups in total. The highest BCUT2D eigenvalue weighted by Crippen LogP contribution is 2.14. The molecule has 116 valence electrons. The Kier molecular flexibility index (Phi) is 6.44. The van der Waals surface area contributed by atoms with Crippen LogP contribution in [0.3, 0.4) is 0 Å². The zero-order chi connectivity index (χ0) is 15.8. The summed E-state index contributed by atoms with van der Waals surface area (Å²) >= 11 is 5.99. The average Bonchev–Trinajstić information content (AvgIpc) is 2.53. The van der Waals surface area contributed by atoms with E-state index < -0.39 is 0 Å². The third-order valence-electron chi connectivity index (χ3n) is 3.61. The van der Waals surface area contributed by atoms with Crippen molar-refractivity contribution >= 4 is 17.5 Å². The molecular weight excluding hydrogens is 296 g/mol. The SMILES string of the molecule is C[C@H]([NH2+]CC(=O)NCCc1ccccc1)c1cccc(Cl)c1. The maximum absolute atomic E-state index is 11.9. The maximum Gasteiger partial charge on any atom is 0.275 e. The quantitative estimate of drug-likeness (QED) is 0.809. The molecule has 2 aromatic carbocycles. The van der Waals surface area contributed by atoms with Crippen molar-refractivity contribution in [3.8, 4) is 0 Å². The Bertz CT molecular complexity index is 601. The van der Waals surface area contributed by atoms with Gasteiger partial charge in [0.05, 0.1) is 0 Å². The van der Waals surface area contributed by atoms with Crippen LogP contribution in [-0.4, -0.2) is 19.0 Å². The molecule has 22 heavy (non-hydrogen) atoms. The second-order valence-corrected chi connectivity index (χ2v) is 5.81. The first-order valence-electron chi connectivity index (χ1n) is 7.54. The van der Waals surface area contributed by atoms with Gasteiger partial charge in [0.15, 0.2) is 6.54 Å². The minimum atomic E-state index is 0.0600. The van der Waals surface area contributed by atoms with E-state index in [1.807, 2.05) is 47.8 Å². The summed E-state index contributed by atoms with van der Waals surface area (Å²) in [5.74, 6) is 0.0600. The number of hydrogen-bond donors (Lipinski definition) is 2. The molecule has 0 radical (unpaired) electrons. The number of hydrogen-bond acceptors (Lipinski definition) is 1. The molecule has 0 heterocycles. The summed E-state index contributed by atoms with van der Waals surface area (Å²) in [5.41, 5.74) is 2.36. The molecule has 1 atom stereocenters. The predicted molar refractivity (Wildman–Crippen MR) is 89.8 cm³/mol. The Labute approximate surface area is 136 Å². The summed E-state index contributed by atoms with van der Waals surface area (Å²) < 4.78 is 0. The first kappa shape index (κ1) is 16.5. The number of quaternary nitrogens is 1. The molecule has 3 nitrogen and oxygen atoms in total. The van der Waals surface area contributed by atoms with E-state index in [-0.39, 0.29) is 11.9 Å². The molecule has 0 bridgehead atoms. The lowest BCUT2D eigenvalue weighted by molar-refractivity contribution is -0.682. The minimum Gasteiger partial charge on any atom is -0.351 e. The van der Waals surface area contributed by atoms with Crippen LogP contribution >= 0.6 is 11.6 Å². The summed E-state index contributed by atoms with van der Waals surface area (Å²) in [4.78, 5) is 11.9. The molecule has 0 spiro atoms. The maximum atomic E-state index is 11.9. The van der Waals surface area contributed by atoms with Gasteiger partial charge in [-0.15, -0.1) is 0 Å². The highest BCUT2D eigenvalue weighted by molar-refractivity contribution is 6.30. The molecule has 1 amide bonds. The van der Waals surface area contributed by atoms with Gasteiger partial charge in [-0.3, -0.25) is 4.79 Å². The normalized spacial score (nSPS) is 11.9. The van der Waals surface area contributed by atoms with E-state index in [2.05, 4.69) is 24.4 Å². The van der Waals surface area contributed by atoms with Crippen molar-refractivity contribution in [1.82, 2.24) is 5.32 Å². The molecule has 0 saturated carbocycles. The van der Waals surface area contributed by atoms with E-state index in [0.717, 1.165) is 17.0 Å². The molecule has 0 aromatic heterocycles. The van der Waals surface area contributed by atoms with E-state index in [9.17, 15) is 4.79 Å². The Hall–Kier alpha value is -1.84. The largest absolute Gasteiger partial charge is 0.351 e. The lowest BCUT2D eigenvalue weighted by Gasteiger charge is -2.11. The standard InChI is InChI=1S/C18H21ClN2O/c1-14(16-8-5-9-17(19)12-16)21-13-18(22)20-11-10-15-6-3-2-4-7-15/h2-9,12,14,21H,10-11,13H2,1H3,(H,20,22)/p+1/t14-/m0/s1. The lowest BCUT2D eigenvalue weighted by atomic mass is 10.1. The van der Waals surface area contributed by atoms with E-state index >= 15 is 0 Å². The van der Waals surface area contributed by atoms with Gasteiger partial charge in [-0.1, -0.05) is 54.1 Å². The van der Waals surface area contributed by atoms with Crippen molar-refractivity contribution < 1.29 is 10.1 Å². The number of amides is 1. The molecule has 2 rings (SSSR count). The first-order chi connectivity index (χ1) is 10.6. The van der Waals surface area contributed by atoms with Gasteiger partial charge >= 0.3 is 0 Å². The fraction of sp³-hybridized carbons (Fsp3) is 0.278. The van der Waals surface area contributed by atoms with Crippen molar-refractivity contribution in [2.24, 2.45) is 0 Å². The molecule has 0 aliphatic heterocycles. The van der Waals surface area contributed by atoms with Gasteiger partial charge in [0.2, 0.25) is 0 Å².